The average molecular weight is 460 g/mol. The normalized spacial score (nSPS) is 16.8. The minimum absolute atomic E-state index is 0.0796. The number of aromatic nitrogens is 1. The van der Waals surface area contributed by atoms with Crippen LogP contribution in [0.3, 0.4) is 0 Å². The van der Waals surface area contributed by atoms with Crippen molar-refractivity contribution in [2.75, 3.05) is 16.8 Å². The molecule has 1 aliphatic heterocycles. The zero-order chi connectivity index (χ0) is 23.3. The number of thiocarbonyl (C=S) groups is 1. The summed E-state index contributed by atoms with van der Waals surface area (Å²) in [4.78, 5) is 36.7. The van der Waals surface area contributed by atoms with Crippen LogP contribution in [0, 0.1) is 12.4 Å². The molecule has 0 radical (unpaired) electrons. The van der Waals surface area contributed by atoms with Gasteiger partial charge in [-0.1, -0.05) is 12.1 Å². The Balaban J connectivity index is 1.64. The molecule has 2 heterocycles. The molecule has 1 spiro atoms. The third-order valence-electron chi connectivity index (χ3n) is 6.36. The van der Waals surface area contributed by atoms with E-state index in [2.05, 4.69) is 15.1 Å². The number of carbonyl (C=O) groups is 2. The molecule has 33 heavy (non-hydrogen) atoms. The lowest BCUT2D eigenvalue weighted by atomic mass is 9.75. The van der Waals surface area contributed by atoms with Gasteiger partial charge in [0.1, 0.15) is 11.4 Å². The van der Waals surface area contributed by atoms with Crippen LogP contribution in [0.4, 0.5) is 21.5 Å². The van der Waals surface area contributed by atoms with E-state index in [4.69, 9.17) is 18.8 Å². The number of fused-ring (bicyclic) bond motifs is 1. The number of carbonyl (C=O) groups excluding carboxylic acids is 2. The second-order valence-corrected chi connectivity index (χ2v) is 8.37. The molecule has 3 aromatic rings. The standard InChI is InChI=1S/C24H18FN5O2S/c1-26-18-8-9-19(16-5-3-12-28-20(16)18)29-22(32)24(10-4-11-24)30(23(29)33)14-6-7-15(17(25)13-14)21(31)27-2/h3,5-9,12-13H,4,10-11H2,2H3,(H,27,31). The highest BCUT2D eigenvalue weighted by Gasteiger charge is 2.59. The van der Waals surface area contributed by atoms with Gasteiger partial charge in [0.2, 0.25) is 5.69 Å². The fraction of sp³-hybridized carbons (Fsp3) is 0.208. The monoisotopic (exact) mass is 459 g/mol. The van der Waals surface area contributed by atoms with E-state index in [1.165, 1.54) is 24.1 Å². The lowest BCUT2D eigenvalue weighted by molar-refractivity contribution is -0.123. The maximum atomic E-state index is 14.8. The summed E-state index contributed by atoms with van der Waals surface area (Å²) < 4.78 is 14.8. The molecule has 2 amide bonds. The van der Waals surface area contributed by atoms with Crippen molar-refractivity contribution in [1.29, 1.82) is 0 Å². The molecule has 5 rings (SSSR count). The van der Waals surface area contributed by atoms with Crippen molar-refractivity contribution in [2.24, 2.45) is 0 Å². The summed E-state index contributed by atoms with van der Waals surface area (Å²) in [5.41, 5.74) is 0.851. The number of halogens is 1. The molecule has 0 bridgehead atoms. The van der Waals surface area contributed by atoms with Crippen molar-refractivity contribution < 1.29 is 14.0 Å². The number of hydrogen-bond acceptors (Lipinski definition) is 4. The SMILES string of the molecule is [C-]#[N+]c1ccc(N2C(=O)C3(CCC3)N(c3ccc(C(=O)NC)c(F)c3)C2=S)c2cccnc12. The molecular weight excluding hydrogens is 441 g/mol. The Labute approximate surface area is 194 Å². The Hall–Kier alpha value is -3.90. The molecule has 1 N–H and O–H groups in total. The second-order valence-electron chi connectivity index (χ2n) is 8.00. The van der Waals surface area contributed by atoms with Crippen LogP contribution >= 0.6 is 12.2 Å². The molecule has 1 aliphatic carbocycles. The Morgan fingerprint density at radius 1 is 1.27 bits per heavy atom. The summed E-state index contributed by atoms with van der Waals surface area (Å²) in [6.07, 6.45) is 3.60. The van der Waals surface area contributed by atoms with Gasteiger partial charge in [0.05, 0.1) is 23.3 Å². The van der Waals surface area contributed by atoms with Gasteiger partial charge in [-0.2, -0.15) is 0 Å². The Morgan fingerprint density at radius 2 is 2.06 bits per heavy atom. The first kappa shape index (κ1) is 21.0. The van der Waals surface area contributed by atoms with Crippen molar-refractivity contribution in [1.82, 2.24) is 10.3 Å². The molecule has 164 valence electrons. The number of nitrogens with zero attached hydrogens (tertiary/aromatic N) is 4. The summed E-state index contributed by atoms with van der Waals surface area (Å²) >= 11 is 5.78. The van der Waals surface area contributed by atoms with Gasteiger partial charge in [-0.25, -0.2) is 9.24 Å². The van der Waals surface area contributed by atoms with Gasteiger partial charge < -0.3 is 10.2 Å². The quantitative estimate of drug-likeness (QED) is 0.466. The number of benzene rings is 2. The number of amides is 2. The molecular formula is C24H18FN5O2S. The largest absolute Gasteiger partial charge is 0.355 e. The third kappa shape index (κ3) is 2.91. The fourth-order valence-electron chi connectivity index (χ4n) is 4.58. The molecule has 2 fully saturated rings. The molecule has 1 saturated heterocycles. The molecule has 0 atom stereocenters. The Bertz CT molecular complexity index is 1400. The van der Waals surface area contributed by atoms with Crippen LogP contribution in [0.1, 0.15) is 29.6 Å². The fourth-order valence-corrected chi connectivity index (χ4v) is 5.04. The van der Waals surface area contributed by atoms with Crippen LogP contribution in [-0.4, -0.2) is 34.5 Å². The lowest BCUT2D eigenvalue weighted by Gasteiger charge is -2.43. The molecule has 0 unspecified atom stereocenters. The lowest BCUT2D eigenvalue weighted by Crippen LogP contribution is -2.55. The molecule has 1 aromatic heterocycles. The predicted molar refractivity (Wildman–Crippen MR) is 127 cm³/mol. The second kappa shape index (κ2) is 7.60. The molecule has 1 saturated carbocycles. The van der Waals surface area contributed by atoms with E-state index >= 15 is 0 Å². The molecule has 2 aromatic carbocycles. The van der Waals surface area contributed by atoms with Gasteiger partial charge in [0, 0.05) is 24.3 Å². The van der Waals surface area contributed by atoms with E-state index in [9.17, 15) is 14.0 Å². The van der Waals surface area contributed by atoms with Crippen LogP contribution < -0.4 is 15.1 Å². The van der Waals surface area contributed by atoms with Crippen LogP contribution in [0.2, 0.25) is 0 Å². The summed E-state index contributed by atoms with van der Waals surface area (Å²) in [7, 11) is 1.43. The van der Waals surface area contributed by atoms with Gasteiger partial charge in [-0.05, 0) is 61.8 Å². The summed E-state index contributed by atoms with van der Waals surface area (Å²) in [6.45, 7) is 7.42. The van der Waals surface area contributed by atoms with Crippen molar-refractivity contribution in [2.45, 2.75) is 24.8 Å². The highest BCUT2D eigenvalue weighted by molar-refractivity contribution is 7.81. The van der Waals surface area contributed by atoms with Gasteiger partial charge in [-0.15, -0.1) is 0 Å². The van der Waals surface area contributed by atoms with Crippen LogP contribution in [0.5, 0.6) is 0 Å². The van der Waals surface area contributed by atoms with Gasteiger partial charge in [0.15, 0.2) is 5.11 Å². The number of anilines is 2. The number of hydrogen-bond donors (Lipinski definition) is 1. The summed E-state index contributed by atoms with van der Waals surface area (Å²) in [5, 5.41) is 3.28. The van der Waals surface area contributed by atoms with E-state index in [0.717, 1.165) is 6.42 Å². The van der Waals surface area contributed by atoms with E-state index in [-0.39, 0.29) is 16.6 Å². The Kier molecular flexibility index (Phi) is 4.83. The minimum Gasteiger partial charge on any atom is -0.355 e. The number of nitrogens with one attached hydrogen (secondary N) is 1. The molecule has 9 heteroatoms. The van der Waals surface area contributed by atoms with Gasteiger partial charge in [0.25, 0.3) is 11.8 Å². The summed E-state index contributed by atoms with van der Waals surface area (Å²) in [6, 6.07) is 11.1. The van der Waals surface area contributed by atoms with Gasteiger partial charge >= 0.3 is 0 Å². The topological polar surface area (TPSA) is 69.9 Å². The van der Waals surface area contributed by atoms with E-state index in [1.807, 2.05) is 0 Å². The van der Waals surface area contributed by atoms with E-state index in [0.29, 0.717) is 40.8 Å². The first-order valence-corrected chi connectivity index (χ1v) is 10.8. The Morgan fingerprint density at radius 3 is 2.70 bits per heavy atom. The minimum atomic E-state index is -0.898. The van der Waals surface area contributed by atoms with Crippen molar-refractivity contribution in [3.05, 3.63) is 71.5 Å². The van der Waals surface area contributed by atoms with Crippen molar-refractivity contribution in [3.63, 3.8) is 0 Å². The highest BCUT2D eigenvalue weighted by atomic mass is 32.1. The molecule has 7 nitrogen and oxygen atoms in total. The zero-order valence-electron chi connectivity index (χ0n) is 17.6. The smallest absolute Gasteiger partial charge is 0.259 e. The predicted octanol–water partition coefficient (Wildman–Crippen LogP) is 4.35. The van der Waals surface area contributed by atoms with Crippen molar-refractivity contribution in [3.8, 4) is 0 Å². The summed E-state index contributed by atoms with van der Waals surface area (Å²) in [5.74, 6) is -1.40. The molecule has 2 aliphatic rings. The third-order valence-corrected chi connectivity index (χ3v) is 6.73. The first-order chi connectivity index (χ1) is 15.9. The van der Waals surface area contributed by atoms with Crippen LogP contribution in [0.25, 0.3) is 15.7 Å². The van der Waals surface area contributed by atoms with Crippen LogP contribution in [-0.2, 0) is 4.79 Å². The van der Waals surface area contributed by atoms with Crippen molar-refractivity contribution >= 4 is 57.1 Å². The maximum absolute atomic E-state index is 14.8. The highest BCUT2D eigenvalue weighted by Crippen LogP contribution is 2.49. The van der Waals surface area contributed by atoms with Gasteiger partial charge in [-0.3, -0.25) is 19.5 Å². The number of pyridine rings is 1. The number of rotatable bonds is 3. The van der Waals surface area contributed by atoms with E-state index in [1.54, 1.807) is 41.4 Å². The first-order valence-electron chi connectivity index (χ1n) is 10.4. The average Bonchev–Trinajstić information content (AvgIpc) is 3.04. The maximum Gasteiger partial charge on any atom is 0.259 e. The van der Waals surface area contributed by atoms with E-state index < -0.39 is 17.3 Å². The zero-order valence-corrected chi connectivity index (χ0v) is 18.4. The van der Waals surface area contributed by atoms with Crippen LogP contribution in [0.15, 0.2) is 48.7 Å².